The Balaban J connectivity index is 2.93. The van der Waals surface area contributed by atoms with Gasteiger partial charge < -0.3 is 5.73 Å². The van der Waals surface area contributed by atoms with E-state index in [0.717, 1.165) is 0 Å². The lowest BCUT2D eigenvalue weighted by Crippen LogP contribution is -2.26. The topological polar surface area (TPSA) is 98.0 Å². The third-order valence-corrected chi connectivity index (χ3v) is 1.76. The van der Waals surface area contributed by atoms with Gasteiger partial charge in [0.1, 0.15) is 6.07 Å². The number of nitriles is 1. The molecule has 76 valence electrons. The Morgan fingerprint density at radius 3 is 2.53 bits per heavy atom. The van der Waals surface area contributed by atoms with Crippen molar-refractivity contribution >= 4 is 23.3 Å². The zero-order valence-electron chi connectivity index (χ0n) is 7.66. The average molecular weight is 222 g/mol. The van der Waals surface area contributed by atoms with Crippen molar-refractivity contribution in [3.8, 4) is 6.07 Å². The van der Waals surface area contributed by atoms with Crippen LogP contribution >= 0.6 is 11.6 Å². The molecule has 0 aromatic heterocycles. The molecule has 0 aliphatic carbocycles. The van der Waals surface area contributed by atoms with Crippen LogP contribution in [0.5, 0.6) is 0 Å². The first-order valence-corrected chi connectivity index (χ1v) is 4.35. The van der Waals surface area contributed by atoms with Gasteiger partial charge in [-0.15, -0.1) is 0 Å². The van der Waals surface area contributed by atoms with Crippen LogP contribution in [0.15, 0.2) is 29.4 Å². The first-order valence-electron chi connectivity index (χ1n) is 3.97. The van der Waals surface area contributed by atoms with Gasteiger partial charge in [0.2, 0.25) is 5.96 Å². The Kier molecular flexibility index (Phi) is 3.66. The van der Waals surface area contributed by atoms with Crippen molar-refractivity contribution in [1.82, 2.24) is 5.43 Å². The predicted molar refractivity (Wildman–Crippen MR) is 58.7 cm³/mol. The Hall–Kier alpha value is -2.06. The smallest absolute Gasteiger partial charge is 0.206 e. The van der Waals surface area contributed by atoms with E-state index in [2.05, 4.69) is 10.5 Å². The van der Waals surface area contributed by atoms with Gasteiger partial charge in [0, 0.05) is 10.6 Å². The summed E-state index contributed by atoms with van der Waals surface area (Å²) in [4.78, 5) is 0. The highest BCUT2D eigenvalue weighted by Gasteiger charge is 2.01. The third kappa shape index (κ3) is 3.29. The molecule has 15 heavy (non-hydrogen) atoms. The number of benzene rings is 1. The minimum absolute atomic E-state index is 0.141. The lowest BCUT2D eigenvalue weighted by molar-refractivity contribution is 0.996. The van der Waals surface area contributed by atoms with Gasteiger partial charge in [-0.1, -0.05) is 23.7 Å². The fourth-order valence-corrected chi connectivity index (χ4v) is 1.00. The van der Waals surface area contributed by atoms with Crippen LogP contribution in [-0.4, -0.2) is 11.7 Å². The van der Waals surface area contributed by atoms with Crippen molar-refractivity contribution < 1.29 is 0 Å². The maximum Gasteiger partial charge on any atom is 0.206 e. The van der Waals surface area contributed by atoms with Crippen molar-refractivity contribution in [2.75, 3.05) is 0 Å². The quantitative estimate of drug-likeness (QED) is 0.396. The van der Waals surface area contributed by atoms with E-state index in [9.17, 15) is 0 Å². The van der Waals surface area contributed by atoms with Crippen molar-refractivity contribution in [2.45, 2.75) is 0 Å². The minimum Gasteiger partial charge on any atom is -0.369 e. The van der Waals surface area contributed by atoms with Crippen LogP contribution in [0.3, 0.4) is 0 Å². The molecular formula is C9H8ClN5. The molecule has 0 bridgehead atoms. The second-order valence-corrected chi connectivity index (χ2v) is 3.04. The molecule has 0 unspecified atom stereocenters. The van der Waals surface area contributed by atoms with Gasteiger partial charge in [0.25, 0.3) is 0 Å². The standard InChI is InChI=1S/C9H8ClN5/c10-7-3-1-6(2-4-7)8(5-11)14-15-9(12)13/h1-4H,(H4,12,13,15). The minimum atomic E-state index is -0.322. The molecule has 1 aromatic carbocycles. The zero-order chi connectivity index (χ0) is 11.3. The number of nitrogens with one attached hydrogen (secondary N) is 2. The van der Waals surface area contributed by atoms with Gasteiger partial charge in [-0.05, 0) is 12.1 Å². The maximum atomic E-state index is 8.80. The molecule has 5 nitrogen and oxygen atoms in total. The summed E-state index contributed by atoms with van der Waals surface area (Å²) in [7, 11) is 0. The highest BCUT2D eigenvalue weighted by Crippen LogP contribution is 2.09. The number of hydrogen-bond acceptors (Lipinski definition) is 3. The molecule has 0 aliphatic rings. The zero-order valence-corrected chi connectivity index (χ0v) is 8.42. The molecule has 1 aromatic rings. The normalized spacial score (nSPS) is 10.5. The molecule has 0 heterocycles. The van der Waals surface area contributed by atoms with Crippen molar-refractivity contribution in [1.29, 1.82) is 10.7 Å². The Bertz CT molecular complexity index is 429. The van der Waals surface area contributed by atoms with E-state index < -0.39 is 0 Å². The monoisotopic (exact) mass is 221 g/mol. The van der Waals surface area contributed by atoms with Crippen molar-refractivity contribution in [2.24, 2.45) is 10.8 Å². The molecular weight excluding hydrogens is 214 g/mol. The van der Waals surface area contributed by atoms with Gasteiger partial charge in [-0.3, -0.25) is 5.41 Å². The Morgan fingerprint density at radius 2 is 2.07 bits per heavy atom. The number of hydrogen-bond donors (Lipinski definition) is 3. The Labute approximate surface area is 91.7 Å². The predicted octanol–water partition coefficient (Wildman–Crippen LogP) is 1.05. The third-order valence-electron chi connectivity index (χ3n) is 1.51. The second-order valence-electron chi connectivity index (χ2n) is 2.60. The van der Waals surface area contributed by atoms with Gasteiger partial charge in [-0.2, -0.15) is 10.4 Å². The summed E-state index contributed by atoms with van der Waals surface area (Å²) < 4.78 is 0. The number of nitrogens with zero attached hydrogens (tertiary/aromatic N) is 2. The van der Waals surface area contributed by atoms with E-state index in [0.29, 0.717) is 10.6 Å². The summed E-state index contributed by atoms with van der Waals surface area (Å²) in [6.07, 6.45) is 0. The molecule has 4 N–H and O–H groups in total. The molecule has 1 rings (SSSR count). The molecule has 0 aliphatic heterocycles. The second kappa shape index (κ2) is 4.98. The Morgan fingerprint density at radius 1 is 1.47 bits per heavy atom. The van der Waals surface area contributed by atoms with Gasteiger partial charge in [0.05, 0.1) is 0 Å². The number of halogens is 1. The summed E-state index contributed by atoms with van der Waals surface area (Å²) >= 11 is 5.69. The number of nitrogens with two attached hydrogens (primary N) is 1. The summed E-state index contributed by atoms with van der Waals surface area (Å²) in [6.45, 7) is 0. The summed E-state index contributed by atoms with van der Waals surface area (Å²) in [5, 5.41) is 19.9. The maximum absolute atomic E-state index is 8.80. The summed E-state index contributed by atoms with van der Waals surface area (Å²) in [6, 6.07) is 8.50. The highest BCUT2D eigenvalue weighted by atomic mass is 35.5. The van der Waals surface area contributed by atoms with Crippen molar-refractivity contribution in [3.63, 3.8) is 0 Å². The van der Waals surface area contributed by atoms with Crippen LogP contribution in [0.2, 0.25) is 5.02 Å². The van der Waals surface area contributed by atoms with Crippen LogP contribution in [-0.2, 0) is 0 Å². The van der Waals surface area contributed by atoms with Crippen LogP contribution in [0.1, 0.15) is 5.56 Å². The SMILES string of the molecule is N#CC(=NNC(=N)N)c1ccc(Cl)cc1. The number of rotatable bonds is 2. The summed E-state index contributed by atoms with van der Waals surface area (Å²) in [5.74, 6) is -0.322. The van der Waals surface area contributed by atoms with E-state index in [1.165, 1.54) is 0 Å². The van der Waals surface area contributed by atoms with E-state index in [1.54, 1.807) is 24.3 Å². The lowest BCUT2D eigenvalue weighted by atomic mass is 10.1. The van der Waals surface area contributed by atoms with E-state index in [1.807, 2.05) is 6.07 Å². The molecule has 0 spiro atoms. The van der Waals surface area contributed by atoms with Crippen LogP contribution < -0.4 is 11.2 Å². The van der Waals surface area contributed by atoms with E-state index in [4.69, 9.17) is 28.0 Å². The van der Waals surface area contributed by atoms with Crippen LogP contribution in [0.25, 0.3) is 0 Å². The molecule has 0 amide bonds. The molecule has 0 atom stereocenters. The average Bonchev–Trinajstić information content (AvgIpc) is 2.21. The van der Waals surface area contributed by atoms with E-state index in [-0.39, 0.29) is 11.7 Å². The first-order chi connectivity index (χ1) is 7.13. The summed E-state index contributed by atoms with van der Waals surface area (Å²) in [5.41, 5.74) is 7.98. The number of hydrazone groups is 1. The molecule has 0 saturated heterocycles. The van der Waals surface area contributed by atoms with Crippen molar-refractivity contribution in [3.05, 3.63) is 34.9 Å². The largest absolute Gasteiger partial charge is 0.369 e. The van der Waals surface area contributed by atoms with E-state index >= 15 is 0 Å². The lowest BCUT2D eigenvalue weighted by Gasteiger charge is -1.99. The first kappa shape index (κ1) is 11.0. The van der Waals surface area contributed by atoms with Crippen LogP contribution in [0, 0.1) is 16.7 Å². The van der Waals surface area contributed by atoms with Crippen LogP contribution in [0.4, 0.5) is 0 Å². The molecule has 0 radical (unpaired) electrons. The molecule has 0 saturated carbocycles. The number of guanidine groups is 1. The fourth-order valence-electron chi connectivity index (χ4n) is 0.878. The highest BCUT2D eigenvalue weighted by molar-refractivity contribution is 6.30. The van der Waals surface area contributed by atoms with Gasteiger partial charge >= 0.3 is 0 Å². The van der Waals surface area contributed by atoms with Gasteiger partial charge in [0.15, 0.2) is 5.71 Å². The fraction of sp³-hybridized carbons (Fsp3) is 0. The molecule has 0 fully saturated rings. The van der Waals surface area contributed by atoms with Gasteiger partial charge in [-0.25, -0.2) is 5.43 Å². The molecule has 6 heteroatoms.